The van der Waals surface area contributed by atoms with Crippen LogP contribution < -0.4 is 16.0 Å². The summed E-state index contributed by atoms with van der Waals surface area (Å²) in [6.07, 6.45) is 0. The second-order valence-corrected chi connectivity index (χ2v) is 4.86. The first-order chi connectivity index (χ1) is 10.1. The van der Waals surface area contributed by atoms with E-state index in [2.05, 4.69) is 10.6 Å². The van der Waals surface area contributed by atoms with Crippen LogP contribution in [-0.4, -0.2) is 38.2 Å². The molecular formula is C15H24N3O3+. The lowest BCUT2D eigenvalue weighted by Gasteiger charge is -2.19. The Hall–Kier alpha value is -1.92. The van der Waals surface area contributed by atoms with Crippen LogP contribution in [0, 0.1) is 0 Å². The second kappa shape index (κ2) is 9.10. The molecule has 0 fully saturated rings. The van der Waals surface area contributed by atoms with Gasteiger partial charge in [-0.3, -0.25) is 10.1 Å². The van der Waals surface area contributed by atoms with Crippen molar-refractivity contribution in [1.82, 2.24) is 10.6 Å². The van der Waals surface area contributed by atoms with Gasteiger partial charge in [0, 0.05) is 19.2 Å². The largest absolute Gasteiger partial charge is 0.379 e. The highest BCUT2D eigenvalue weighted by molar-refractivity contribution is 5.96. The zero-order chi connectivity index (χ0) is 15.7. The molecule has 0 heterocycles. The molecule has 0 aromatic heterocycles. The quantitative estimate of drug-likeness (QED) is 0.670. The summed E-state index contributed by atoms with van der Waals surface area (Å²) in [7, 11) is 1.62. The van der Waals surface area contributed by atoms with Gasteiger partial charge in [-0.1, -0.05) is 30.3 Å². The van der Waals surface area contributed by atoms with Crippen molar-refractivity contribution >= 4 is 11.9 Å². The molecule has 116 valence electrons. The molecule has 1 aromatic rings. The second-order valence-electron chi connectivity index (χ2n) is 4.86. The average molecular weight is 294 g/mol. The van der Waals surface area contributed by atoms with Crippen molar-refractivity contribution in [3.05, 3.63) is 35.9 Å². The standard InChI is InChI=1S/C15H23N3O3/c1-4-16-15(20)18-14(19)13(17-11(2)10-21-3)12-8-6-5-7-9-12/h5-9,11,13,17H,4,10H2,1-3H3,(H2,16,18,19,20)/p+1/t11-,13+/m1/s1. The smallest absolute Gasteiger partial charge is 0.321 e. The van der Waals surface area contributed by atoms with E-state index in [1.807, 2.05) is 42.6 Å². The summed E-state index contributed by atoms with van der Waals surface area (Å²) in [5.74, 6) is -0.338. The minimum atomic E-state index is -0.487. The summed E-state index contributed by atoms with van der Waals surface area (Å²) in [6.45, 7) is 4.76. The zero-order valence-corrected chi connectivity index (χ0v) is 12.8. The number of nitrogens with two attached hydrogens (primary N) is 1. The number of nitrogens with one attached hydrogen (secondary N) is 2. The topological polar surface area (TPSA) is 84.0 Å². The number of methoxy groups -OCH3 is 1. The van der Waals surface area contributed by atoms with E-state index in [0.717, 1.165) is 5.56 Å². The number of rotatable bonds is 7. The molecule has 0 aliphatic rings. The third-order valence-electron chi connectivity index (χ3n) is 2.97. The van der Waals surface area contributed by atoms with E-state index in [4.69, 9.17) is 4.74 Å². The molecular weight excluding hydrogens is 270 g/mol. The maximum absolute atomic E-state index is 12.3. The van der Waals surface area contributed by atoms with E-state index in [-0.39, 0.29) is 11.9 Å². The zero-order valence-electron chi connectivity index (χ0n) is 12.8. The van der Waals surface area contributed by atoms with Gasteiger partial charge < -0.3 is 15.4 Å². The Bertz CT molecular complexity index is 451. The van der Waals surface area contributed by atoms with Crippen LogP contribution in [0.15, 0.2) is 30.3 Å². The molecule has 0 bridgehead atoms. The fourth-order valence-corrected chi connectivity index (χ4v) is 2.05. The molecule has 0 saturated heterocycles. The maximum Gasteiger partial charge on any atom is 0.321 e. The number of amides is 3. The van der Waals surface area contributed by atoms with Crippen LogP contribution in [-0.2, 0) is 9.53 Å². The van der Waals surface area contributed by atoms with Crippen molar-refractivity contribution in [1.29, 1.82) is 0 Å². The Morgan fingerprint density at radius 3 is 2.52 bits per heavy atom. The monoisotopic (exact) mass is 294 g/mol. The predicted octanol–water partition coefficient (Wildman–Crippen LogP) is 0.172. The van der Waals surface area contributed by atoms with E-state index < -0.39 is 12.1 Å². The number of ether oxygens (including phenoxy) is 1. The summed E-state index contributed by atoms with van der Waals surface area (Å²) in [4.78, 5) is 23.8. The molecule has 1 rings (SSSR count). The van der Waals surface area contributed by atoms with Gasteiger partial charge in [0.1, 0.15) is 6.04 Å². The first kappa shape index (κ1) is 17.1. The molecule has 0 aliphatic carbocycles. The lowest BCUT2D eigenvalue weighted by molar-refractivity contribution is -0.714. The minimum Gasteiger partial charge on any atom is -0.379 e. The van der Waals surface area contributed by atoms with Crippen molar-refractivity contribution < 1.29 is 19.6 Å². The molecule has 1 aromatic carbocycles. The molecule has 0 saturated carbocycles. The molecule has 3 amide bonds. The lowest BCUT2D eigenvalue weighted by Crippen LogP contribution is -2.93. The van der Waals surface area contributed by atoms with Crippen LogP contribution >= 0.6 is 0 Å². The number of carbonyl (C=O) groups is 2. The maximum atomic E-state index is 12.3. The van der Waals surface area contributed by atoms with Gasteiger partial charge in [-0.15, -0.1) is 0 Å². The fraction of sp³-hybridized carbons (Fsp3) is 0.467. The van der Waals surface area contributed by atoms with E-state index in [1.165, 1.54) is 0 Å². The highest BCUT2D eigenvalue weighted by Gasteiger charge is 2.27. The average Bonchev–Trinajstić information content (AvgIpc) is 2.46. The Balaban J connectivity index is 2.81. The summed E-state index contributed by atoms with van der Waals surface area (Å²) >= 11 is 0. The number of benzene rings is 1. The molecule has 6 nitrogen and oxygen atoms in total. The van der Waals surface area contributed by atoms with E-state index in [1.54, 1.807) is 14.0 Å². The van der Waals surface area contributed by atoms with Crippen molar-refractivity contribution in [3.63, 3.8) is 0 Å². The van der Waals surface area contributed by atoms with Crippen molar-refractivity contribution in [2.24, 2.45) is 0 Å². The van der Waals surface area contributed by atoms with Crippen molar-refractivity contribution in [2.75, 3.05) is 20.3 Å². The van der Waals surface area contributed by atoms with Gasteiger partial charge in [-0.25, -0.2) is 4.79 Å². The highest BCUT2D eigenvalue weighted by atomic mass is 16.5. The summed E-state index contributed by atoms with van der Waals surface area (Å²) in [6, 6.07) is 8.51. The molecule has 6 heteroatoms. The summed E-state index contributed by atoms with van der Waals surface area (Å²) < 4.78 is 5.10. The van der Waals surface area contributed by atoms with Crippen LogP contribution in [0.5, 0.6) is 0 Å². The van der Waals surface area contributed by atoms with E-state index in [0.29, 0.717) is 13.2 Å². The normalized spacial score (nSPS) is 13.3. The molecule has 21 heavy (non-hydrogen) atoms. The predicted molar refractivity (Wildman–Crippen MR) is 79.7 cm³/mol. The third kappa shape index (κ3) is 5.93. The summed E-state index contributed by atoms with van der Waals surface area (Å²) in [5.41, 5.74) is 0.849. The van der Waals surface area contributed by atoms with E-state index in [9.17, 15) is 9.59 Å². The van der Waals surface area contributed by atoms with Gasteiger partial charge in [-0.05, 0) is 13.8 Å². The number of hydrogen-bond acceptors (Lipinski definition) is 3. The van der Waals surface area contributed by atoms with Crippen LogP contribution in [0.2, 0.25) is 0 Å². The van der Waals surface area contributed by atoms with Crippen molar-refractivity contribution in [3.8, 4) is 0 Å². The van der Waals surface area contributed by atoms with Crippen LogP contribution in [0.1, 0.15) is 25.5 Å². The number of urea groups is 1. The minimum absolute atomic E-state index is 0.0974. The van der Waals surface area contributed by atoms with E-state index >= 15 is 0 Å². The van der Waals surface area contributed by atoms with Crippen LogP contribution in [0.4, 0.5) is 4.79 Å². The fourth-order valence-electron chi connectivity index (χ4n) is 2.05. The van der Waals surface area contributed by atoms with Gasteiger partial charge in [0.25, 0.3) is 5.91 Å². The molecule has 2 atom stereocenters. The van der Waals surface area contributed by atoms with Crippen LogP contribution in [0.25, 0.3) is 0 Å². The van der Waals surface area contributed by atoms with Gasteiger partial charge in [0.15, 0.2) is 6.04 Å². The Labute approximate surface area is 125 Å². The van der Waals surface area contributed by atoms with Gasteiger partial charge in [0.05, 0.1) is 6.61 Å². The van der Waals surface area contributed by atoms with Crippen LogP contribution in [0.3, 0.4) is 0 Å². The third-order valence-corrected chi connectivity index (χ3v) is 2.97. The SMILES string of the molecule is CCNC(=O)NC(=O)[C@@H]([NH2+][C@H](C)COC)c1ccccc1. The first-order valence-corrected chi connectivity index (χ1v) is 7.06. The summed E-state index contributed by atoms with van der Waals surface area (Å²) in [5, 5.41) is 6.81. The lowest BCUT2D eigenvalue weighted by atomic mass is 10.1. The number of imide groups is 1. The number of hydrogen-bond donors (Lipinski definition) is 3. The van der Waals surface area contributed by atoms with Gasteiger partial charge in [0.2, 0.25) is 0 Å². The Kier molecular flexibility index (Phi) is 7.42. The first-order valence-electron chi connectivity index (χ1n) is 7.06. The molecule has 4 N–H and O–H groups in total. The number of carbonyl (C=O) groups excluding carboxylic acids is 2. The number of quaternary nitrogens is 1. The Morgan fingerprint density at radius 2 is 1.95 bits per heavy atom. The van der Waals surface area contributed by atoms with Crippen molar-refractivity contribution in [2.45, 2.75) is 25.9 Å². The highest BCUT2D eigenvalue weighted by Crippen LogP contribution is 2.08. The molecule has 0 aliphatic heterocycles. The van der Waals surface area contributed by atoms with Gasteiger partial charge >= 0.3 is 6.03 Å². The molecule has 0 spiro atoms. The Morgan fingerprint density at radius 1 is 1.29 bits per heavy atom. The molecule has 0 radical (unpaired) electrons. The molecule has 0 unspecified atom stereocenters. The van der Waals surface area contributed by atoms with Gasteiger partial charge in [-0.2, -0.15) is 0 Å².